The van der Waals surface area contributed by atoms with Gasteiger partial charge in [0.2, 0.25) is 0 Å². The third-order valence-electron chi connectivity index (χ3n) is 6.38. The zero-order valence-electron chi connectivity index (χ0n) is 21.2. The van der Waals surface area contributed by atoms with E-state index >= 15 is 0 Å². The standard InChI is InChI=1S/C27H23ClFN5O4S2/c1-40(35,36)38-10-9-34-13-20-22(33-34)7-6-19-24-26(30-15-31-27(24)39-25(19)20)32-18-5-8-23(21(28)12-18)37-14-16-3-2-4-17(29)11-16/h2-5,8,11-13,15H,6-7,9-10,14H2,1H3,(H,30,31,32). The number of nitrogens with zero attached hydrogens (tertiary/aromatic N) is 4. The Balaban J connectivity index is 1.23. The molecular weight excluding hydrogens is 577 g/mol. The first kappa shape index (κ1) is 26.6. The number of fused-ring (bicyclic) bond motifs is 5. The van der Waals surface area contributed by atoms with E-state index in [1.165, 1.54) is 18.5 Å². The second kappa shape index (κ2) is 10.8. The predicted molar refractivity (Wildman–Crippen MR) is 152 cm³/mol. The van der Waals surface area contributed by atoms with Crippen LogP contribution in [-0.4, -0.2) is 41.0 Å². The van der Waals surface area contributed by atoms with Crippen LogP contribution >= 0.6 is 22.9 Å². The van der Waals surface area contributed by atoms with E-state index in [0.717, 1.165) is 56.7 Å². The molecule has 9 nitrogen and oxygen atoms in total. The zero-order chi connectivity index (χ0) is 27.9. The first-order chi connectivity index (χ1) is 19.2. The number of aromatic nitrogens is 4. The lowest BCUT2D eigenvalue weighted by Gasteiger charge is -2.13. The number of benzene rings is 2. The third kappa shape index (κ3) is 5.66. The molecule has 6 rings (SSSR count). The topological polar surface area (TPSA) is 108 Å². The number of nitrogens with one attached hydrogen (secondary N) is 1. The minimum absolute atomic E-state index is 0.0232. The van der Waals surface area contributed by atoms with E-state index in [4.69, 9.17) is 20.5 Å². The molecule has 0 radical (unpaired) electrons. The smallest absolute Gasteiger partial charge is 0.264 e. The Morgan fingerprint density at radius 2 is 2.05 bits per heavy atom. The summed E-state index contributed by atoms with van der Waals surface area (Å²) in [6.45, 7) is 0.548. The molecule has 0 aliphatic heterocycles. The van der Waals surface area contributed by atoms with E-state index in [-0.39, 0.29) is 19.0 Å². The Kier molecular flexibility index (Phi) is 7.17. The van der Waals surface area contributed by atoms with Gasteiger partial charge in [-0.15, -0.1) is 11.3 Å². The van der Waals surface area contributed by atoms with Gasteiger partial charge >= 0.3 is 0 Å². The summed E-state index contributed by atoms with van der Waals surface area (Å²) in [4.78, 5) is 11.0. The van der Waals surface area contributed by atoms with Crippen LogP contribution in [0.4, 0.5) is 15.9 Å². The highest BCUT2D eigenvalue weighted by Crippen LogP contribution is 2.45. The van der Waals surface area contributed by atoms with Crippen LogP contribution in [0.5, 0.6) is 5.75 Å². The molecule has 40 heavy (non-hydrogen) atoms. The lowest BCUT2D eigenvalue weighted by atomic mass is 9.95. The number of anilines is 2. The van der Waals surface area contributed by atoms with Crippen molar-refractivity contribution < 1.29 is 21.7 Å². The van der Waals surface area contributed by atoms with Gasteiger partial charge in [0.1, 0.15) is 35.1 Å². The Morgan fingerprint density at radius 1 is 1.18 bits per heavy atom. The summed E-state index contributed by atoms with van der Waals surface area (Å²) >= 11 is 8.08. The van der Waals surface area contributed by atoms with Crippen molar-refractivity contribution in [1.82, 2.24) is 19.7 Å². The Hall–Kier alpha value is -3.58. The number of thiophene rings is 1. The van der Waals surface area contributed by atoms with Gasteiger partial charge in [0.15, 0.2) is 0 Å². The summed E-state index contributed by atoms with van der Waals surface area (Å²) < 4.78 is 48.4. The summed E-state index contributed by atoms with van der Waals surface area (Å²) in [7, 11) is -3.50. The molecule has 1 aliphatic rings. The summed E-state index contributed by atoms with van der Waals surface area (Å²) in [6.07, 6.45) is 6.00. The molecule has 0 bridgehead atoms. The fraction of sp³-hybridized carbons (Fsp3) is 0.222. The van der Waals surface area contributed by atoms with Gasteiger partial charge in [-0.3, -0.25) is 8.86 Å². The van der Waals surface area contributed by atoms with E-state index in [1.807, 2.05) is 12.3 Å². The van der Waals surface area contributed by atoms with E-state index < -0.39 is 10.1 Å². The maximum atomic E-state index is 13.5. The summed E-state index contributed by atoms with van der Waals surface area (Å²) in [5.41, 5.74) is 4.56. The number of hydrogen-bond acceptors (Lipinski definition) is 9. The molecule has 0 amide bonds. The van der Waals surface area contributed by atoms with E-state index in [1.54, 1.807) is 40.3 Å². The predicted octanol–water partition coefficient (Wildman–Crippen LogP) is 5.74. The number of halogens is 2. The third-order valence-corrected chi connectivity index (χ3v) is 8.44. The van der Waals surface area contributed by atoms with Crippen molar-refractivity contribution in [2.75, 3.05) is 18.2 Å². The largest absolute Gasteiger partial charge is 0.487 e. The number of rotatable bonds is 9. The number of hydrogen-bond donors (Lipinski definition) is 1. The maximum Gasteiger partial charge on any atom is 0.264 e. The monoisotopic (exact) mass is 599 g/mol. The normalized spacial score (nSPS) is 12.8. The highest BCUT2D eigenvalue weighted by atomic mass is 35.5. The number of aryl methyl sites for hydroxylation is 2. The van der Waals surface area contributed by atoms with Crippen LogP contribution < -0.4 is 10.1 Å². The Bertz CT molecular complexity index is 1840. The molecule has 0 spiro atoms. The molecule has 0 atom stereocenters. The van der Waals surface area contributed by atoms with Crippen LogP contribution in [0, 0.1) is 5.82 Å². The highest BCUT2D eigenvalue weighted by Gasteiger charge is 2.26. The second-order valence-electron chi connectivity index (χ2n) is 9.28. The molecule has 3 heterocycles. The molecule has 1 N–H and O–H groups in total. The summed E-state index contributed by atoms with van der Waals surface area (Å²) in [6, 6.07) is 11.6. The molecule has 0 fully saturated rings. The highest BCUT2D eigenvalue weighted by molar-refractivity contribution is 7.85. The molecule has 2 aromatic carbocycles. The molecular formula is C27H23ClFN5O4S2. The quantitative estimate of drug-likeness (QED) is 0.214. The lowest BCUT2D eigenvalue weighted by Crippen LogP contribution is -2.11. The minimum Gasteiger partial charge on any atom is -0.487 e. The van der Waals surface area contributed by atoms with Crippen LogP contribution in [0.3, 0.4) is 0 Å². The van der Waals surface area contributed by atoms with Crippen LogP contribution in [0.2, 0.25) is 5.02 Å². The van der Waals surface area contributed by atoms with Crippen molar-refractivity contribution in [2.45, 2.75) is 26.0 Å². The van der Waals surface area contributed by atoms with Gasteiger partial charge in [0, 0.05) is 22.3 Å². The average Bonchev–Trinajstić information content (AvgIpc) is 3.49. The first-order valence-corrected chi connectivity index (χ1v) is 15.4. The van der Waals surface area contributed by atoms with Gasteiger partial charge in [0.05, 0.1) is 35.5 Å². The summed E-state index contributed by atoms with van der Waals surface area (Å²) in [5.74, 6) is 0.843. The summed E-state index contributed by atoms with van der Waals surface area (Å²) in [5, 5.41) is 9.37. The van der Waals surface area contributed by atoms with Gasteiger partial charge in [-0.05, 0) is 54.3 Å². The van der Waals surface area contributed by atoms with Crippen molar-refractivity contribution >= 4 is 54.8 Å². The van der Waals surface area contributed by atoms with Gasteiger partial charge in [-0.25, -0.2) is 14.4 Å². The lowest BCUT2D eigenvalue weighted by molar-refractivity contribution is 0.297. The van der Waals surface area contributed by atoms with Crippen LogP contribution in [0.25, 0.3) is 20.7 Å². The van der Waals surface area contributed by atoms with Crippen molar-refractivity contribution in [3.63, 3.8) is 0 Å². The van der Waals surface area contributed by atoms with Gasteiger partial charge in [0.25, 0.3) is 10.1 Å². The van der Waals surface area contributed by atoms with Crippen LogP contribution in [0.15, 0.2) is 55.0 Å². The van der Waals surface area contributed by atoms with Crippen molar-refractivity contribution in [3.8, 4) is 16.2 Å². The maximum absolute atomic E-state index is 13.5. The minimum atomic E-state index is -3.50. The van der Waals surface area contributed by atoms with E-state index in [9.17, 15) is 12.8 Å². The fourth-order valence-electron chi connectivity index (χ4n) is 4.64. The van der Waals surface area contributed by atoms with E-state index in [2.05, 4.69) is 20.4 Å². The first-order valence-electron chi connectivity index (χ1n) is 12.3. The zero-order valence-corrected chi connectivity index (χ0v) is 23.6. The molecule has 3 aromatic heterocycles. The second-order valence-corrected chi connectivity index (χ2v) is 12.3. The van der Waals surface area contributed by atoms with Gasteiger partial charge < -0.3 is 10.1 Å². The SMILES string of the molecule is CS(=O)(=O)OCCn1cc2c(n1)CCc1c-2sc2ncnc(Nc3ccc(OCc4cccc(F)c4)c(Cl)c3)c12. The average molecular weight is 600 g/mol. The molecule has 13 heteroatoms. The Labute approximate surface area is 238 Å². The van der Waals surface area contributed by atoms with Crippen molar-refractivity contribution in [1.29, 1.82) is 0 Å². The molecule has 0 saturated carbocycles. The fourth-order valence-corrected chi connectivity index (χ4v) is 6.47. The van der Waals surface area contributed by atoms with Gasteiger partial charge in [-0.2, -0.15) is 13.5 Å². The molecule has 1 aliphatic carbocycles. The van der Waals surface area contributed by atoms with Crippen molar-refractivity contribution in [3.05, 3.63) is 82.6 Å². The van der Waals surface area contributed by atoms with Crippen LogP contribution in [-0.2, 0) is 40.3 Å². The molecule has 0 unspecified atom stereocenters. The number of ether oxygens (including phenoxy) is 1. The van der Waals surface area contributed by atoms with E-state index in [0.29, 0.717) is 28.7 Å². The van der Waals surface area contributed by atoms with Gasteiger partial charge in [-0.1, -0.05) is 23.7 Å². The Morgan fingerprint density at radius 3 is 2.85 bits per heavy atom. The molecule has 5 aromatic rings. The van der Waals surface area contributed by atoms with Crippen LogP contribution in [0.1, 0.15) is 16.8 Å². The molecule has 206 valence electrons. The van der Waals surface area contributed by atoms with Crippen molar-refractivity contribution in [2.24, 2.45) is 0 Å². The molecule has 0 saturated heterocycles.